The molecule has 0 bridgehead atoms. The average molecular weight is 348 g/mol. The van der Waals surface area contributed by atoms with E-state index in [1.807, 2.05) is 0 Å². The van der Waals surface area contributed by atoms with E-state index in [1.54, 1.807) is 24.3 Å². The largest absolute Gasteiger partial charge is 0.366 e. The zero-order valence-corrected chi connectivity index (χ0v) is 15.0. The number of nitrogens with one attached hydrogen (secondary N) is 3. The molecule has 2 rings (SSSR count). The topological polar surface area (TPSA) is 82.7 Å². The van der Waals surface area contributed by atoms with Crippen LogP contribution < -0.4 is 16.0 Å². The SMILES string of the molecule is CCN(CC)CCNC(=O)c1cccc(NC(=O)C2CNCCO2)c1. The van der Waals surface area contributed by atoms with Gasteiger partial charge in [-0.05, 0) is 31.3 Å². The van der Waals surface area contributed by atoms with Crippen LogP contribution in [0.5, 0.6) is 0 Å². The van der Waals surface area contributed by atoms with E-state index in [1.165, 1.54) is 0 Å². The van der Waals surface area contributed by atoms with Crippen LogP contribution in [0.4, 0.5) is 5.69 Å². The van der Waals surface area contributed by atoms with E-state index < -0.39 is 6.10 Å². The van der Waals surface area contributed by atoms with Crippen LogP contribution in [0.25, 0.3) is 0 Å². The fourth-order valence-corrected chi connectivity index (χ4v) is 2.66. The summed E-state index contributed by atoms with van der Waals surface area (Å²) in [5, 5.41) is 8.84. The molecular formula is C18H28N4O3. The smallest absolute Gasteiger partial charge is 0.254 e. The van der Waals surface area contributed by atoms with Gasteiger partial charge in [-0.3, -0.25) is 9.59 Å². The third kappa shape index (κ3) is 6.12. The predicted octanol–water partition coefficient (Wildman–Crippen LogP) is 0.685. The molecule has 0 aromatic heterocycles. The molecule has 1 aliphatic heterocycles. The Morgan fingerprint density at radius 1 is 1.32 bits per heavy atom. The van der Waals surface area contributed by atoms with Crippen LogP contribution in [-0.4, -0.2) is 68.7 Å². The molecule has 0 spiro atoms. The van der Waals surface area contributed by atoms with Crippen LogP contribution in [-0.2, 0) is 9.53 Å². The van der Waals surface area contributed by atoms with Crippen LogP contribution in [0.15, 0.2) is 24.3 Å². The van der Waals surface area contributed by atoms with Gasteiger partial charge in [0.15, 0.2) is 0 Å². The molecule has 2 amide bonds. The van der Waals surface area contributed by atoms with Gasteiger partial charge in [0, 0.05) is 37.4 Å². The lowest BCUT2D eigenvalue weighted by atomic mass is 10.1. The second kappa shape index (κ2) is 10.1. The number of morpholine rings is 1. The zero-order valence-electron chi connectivity index (χ0n) is 15.0. The molecule has 1 fully saturated rings. The summed E-state index contributed by atoms with van der Waals surface area (Å²) in [4.78, 5) is 26.7. The van der Waals surface area contributed by atoms with Crippen molar-refractivity contribution in [2.45, 2.75) is 20.0 Å². The maximum Gasteiger partial charge on any atom is 0.254 e. The Morgan fingerprint density at radius 3 is 2.80 bits per heavy atom. The van der Waals surface area contributed by atoms with Gasteiger partial charge >= 0.3 is 0 Å². The summed E-state index contributed by atoms with van der Waals surface area (Å²) in [7, 11) is 0. The summed E-state index contributed by atoms with van der Waals surface area (Å²) < 4.78 is 5.43. The highest BCUT2D eigenvalue weighted by atomic mass is 16.5. The highest BCUT2D eigenvalue weighted by Crippen LogP contribution is 2.12. The van der Waals surface area contributed by atoms with Crippen LogP contribution >= 0.6 is 0 Å². The quantitative estimate of drug-likeness (QED) is 0.644. The second-order valence-corrected chi connectivity index (χ2v) is 5.92. The van der Waals surface area contributed by atoms with Crippen LogP contribution in [0.2, 0.25) is 0 Å². The average Bonchev–Trinajstić information content (AvgIpc) is 2.66. The number of benzene rings is 1. The van der Waals surface area contributed by atoms with Crippen LogP contribution in [0, 0.1) is 0 Å². The van der Waals surface area contributed by atoms with E-state index in [4.69, 9.17) is 4.74 Å². The number of nitrogens with zero attached hydrogens (tertiary/aromatic N) is 1. The van der Waals surface area contributed by atoms with Crippen molar-refractivity contribution in [3.8, 4) is 0 Å². The number of amides is 2. The first-order valence-electron chi connectivity index (χ1n) is 8.87. The molecular weight excluding hydrogens is 320 g/mol. The number of carbonyl (C=O) groups is 2. The molecule has 3 N–H and O–H groups in total. The Balaban J connectivity index is 1.87. The van der Waals surface area contributed by atoms with Crippen molar-refractivity contribution in [1.29, 1.82) is 0 Å². The second-order valence-electron chi connectivity index (χ2n) is 5.92. The number of anilines is 1. The molecule has 7 nitrogen and oxygen atoms in total. The van der Waals surface area contributed by atoms with Gasteiger partial charge in [-0.15, -0.1) is 0 Å². The first kappa shape index (κ1) is 19.4. The molecule has 1 heterocycles. The van der Waals surface area contributed by atoms with Gasteiger partial charge in [-0.25, -0.2) is 0 Å². The maximum atomic E-state index is 12.3. The Bertz CT molecular complexity index is 569. The highest BCUT2D eigenvalue weighted by Gasteiger charge is 2.21. The van der Waals surface area contributed by atoms with Crippen molar-refractivity contribution in [2.24, 2.45) is 0 Å². The van der Waals surface area contributed by atoms with E-state index in [0.29, 0.717) is 30.9 Å². The van der Waals surface area contributed by atoms with Crippen molar-refractivity contribution >= 4 is 17.5 Å². The first-order chi connectivity index (χ1) is 12.1. The summed E-state index contributed by atoms with van der Waals surface area (Å²) in [6.45, 7) is 9.32. The minimum atomic E-state index is -0.500. The van der Waals surface area contributed by atoms with Crippen LogP contribution in [0.3, 0.4) is 0 Å². The molecule has 0 radical (unpaired) electrons. The molecule has 138 valence electrons. The molecule has 25 heavy (non-hydrogen) atoms. The summed E-state index contributed by atoms with van der Waals surface area (Å²) in [5.41, 5.74) is 1.12. The molecule has 7 heteroatoms. The number of ether oxygens (including phenoxy) is 1. The Morgan fingerprint density at radius 2 is 2.12 bits per heavy atom. The van der Waals surface area contributed by atoms with Gasteiger partial charge in [0.2, 0.25) is 0 Å². The zero-order chi connectivity index (χ0) is 18.1. The molecule has 0 aliphatic carbocycles. The molecule has 1 atom stereocenters. The third-order valence-electron chi connectivity index (χ3n) is 4.22. The predicted molar refractivity (Wildman–Crippen MR) is 97.8 cm³/mol. The minimum absolute atomic E-state index is 0.140. The summed E-state index contributed by atoms with van der Waals surface area (Å²) in [6.07, 6.45) is -0.500. The van der Waals surface area contributed by atoms with E-state index in [2.05, 4.69) is 34.7 Å². The van der Waals surface area contributed by atoms with E-state index >= 15 is 0 Å². The minimum Gasteiger partial charge on any atom is -0.366 e. The number of hydrogen-bond acceptors (Lipinski definition) is 5. The molecule has 1 aliphatic rings. The van der Waals surface area contributed by atoms with Gasteiger partial charge in [-0.1, -0.05) is 19.9 Å². The fourth-order valence-electron chi connectivity index (χ4n) is 2.66. The number of carbonyl (C=O) groups excluding carboxylic acids is 2. The molecule has 1 unspecified atom stereocenters. The van der Waals surface area contributed by atoms with Gasteiger partial charge in [0.05, 0.1) is 6.61 Å². The molecule has 1 saturated heterocycles. The number of likely N-dealkylation sites (N-methyl/N-ethyl adjacent to an activating group) is 1. The molecule has 0 saturated carbocycles. The van der Waals surface area contributed by atoms with Gasteiger partial charge < -0.3 is 25.6 Å². The van der Waals surface area contributed by atoms with Gasteiger partial charge in [0.1, 0.15) is 6.10 Å². The normalized spacial score (nSPS) is 17.3. The molecule has 1 aromatic rings. The van der Waals surface area contributed by atoms with E-state index in [0.717, 1.165) is 26.2 Å². The Labute approximate surface area is 149 Å². The standard InChI is InChI=1S/C18H28N4O3/c1-3-22(4-2)10-8-20-17(23)14-6-5-7-15(12-14)21-18(24)16-13-19-9-11-25-16/h5-7,12,16,19H,3-4,8-11,13H2,1-2H3,(H,20,23)(H,21,24). The van der Waals surface area contributed by atoms with E-state index in [-0.39, 0.29) is 11.8 Å². The van der Waals surface area contributed by atoms with E-state index in [9.17, 15) is 9.59 Å². The van der Waals surface area contributed by atoms with Crippen molar-refractivity contribution in [2.75, 3.05) is 51.2 Å². The van der Waals surface area contributed by atoms with Gasteiger partial charge in [-0.2, -0.15) is 0 Å². The Kier molecular flexibility index (Phi) is 7.84. The fraction of sp³-hybridized carbons (Fsp3) is 0.556. The van der Waals surface area contributed by atoms with Crippen molar-refractivity contribution in [1.82, 2.24) is 15.5 Å². The highest BCUT2D eigenvalue weighted by molar-refractivity contribution is 5.98. The Hall–Kier alpha value is -1.96. The van der Waals surface area contributed by atoms with Crippen LogP contribution in [0.1, 0.15) is 24.2 Å². The number of hydrogen-bond donors (Lipinski definition) is 3. The monoisotopic (exact) mass is 348 g/mol. The van der Waals surface area contributed by atoms with Gasteiger partial charge in [0.25, 0.3) is 11.8 Å². The lowest BCUT2D eigenvalue weighted by molar-refractivity contribution is -0.128. The summed E-state index contributed by atoms with van der Waals surface area (Å²) in [6, 6.07) is 6.94. The first-order valence-corrected chi connectivity index (χ1v) is 8.87. The van der Waals surface area contributed by atoms with Crippen molar-refractivity contribution in [3.05, 3.63) is 29.8 Å². The molecule has 1 aromatic carbocycles. The van der Waals surface area contributed by atoms with Crippen molar-refractivity contribution < 1.29 is 14.3 Å². The lowest BCUT2D eigenvalue weighted by Crippen LogP contribution is -2.45. The summed E-state index contributed by atoms with van der Waals surface area (Å²) >= 11 is 0. The summed E-state index contributed by atoms with van der Waals surface area (Å²) in [5.74, 6) is -0.342. The van der Waals surface area contributed by atoms with Crippen molar-refractivity contribution in [3.63, 3.8) is 0 Å². The third-order valence-corrected chi connectivity index (χ3v) is 4.22. The lowest BCUT2D eigenvalue weighted by Gasteiger charge is -2.22. The maximum absolute atomic E-state index is 12.3. The number of rotatable bonds is 8.